The van der Waals surface area contributed by atoms with Crippen LogP contribution >= 0.6 is 11.3 Å². The van der Waals surface area contributed by atoms with Crippen molar-refractivity contribution in [3.63, 3.8) is 0 Å². The number of anilines is 1. The first kappa shape index (κ1) is 36.6. The van der Waals surface area contributed by atoms with Crippen LogP contribution in [0.2, 0.25) is 0 Å². The van der Waals surface area contributed by atoms with Crippen LogP contribution in [0.5, 0.6) is 5.75 Å². The van der Waals surface area contributed by atoms with Crippen molar-refractivity contribution in [2.75, 3.05) is 52.2 Å². The first-order valence-corrected chi connectivity index (χ1v) is 17.5. The zero-order chi connectivity index (χ0) is 36.3. The van der Waals surface area contributed by atoms with Crippen LogP contribution in [0.1, 0.15) is 19.5 Å². The molecule has 2 fully saturated rings. The van der Waals surface area contributed by atoms with Crippen molar-refractivity contribution in [2.45, 2.75) is 38.1 Å². The van der Waals surface area contributed by atoms with Gasteiger partial charge in [-0.2, -0.15) is 18.6 Å². The van der Waals surface area contributed by atoms with E-state index >= 15 is 0 Å². The van der Waals surface area contributed by atoms with Gasteiger partial charge in [-0.1, -0.05) is 17.3 Å². The Morgan fingerprint density at radius 2 is 1.94 bits per heavy atom. The number of β-lactam (4-membered cyclic amide) rings is 1. The number of hydroxylamine groups is 2. The first-order valence-electron chi connectivity index (χ1n) is 15.2. The van der Waals surface area contributed by atoms with Gasteiger partial charge in [0.1, 0.15) is 37.2 Å². The molecule has 2 amide bonds. The lowest BCUT2D eigenvalue weighted by molar-refractivity contribution is -0.917. The number of aliphatic carboxylic acids is 1. The number of carboxylic acids is 1. The number of amides is 2. The molecule has 2 aliphatic heterocycles. The summed E-state index contributed by atoms with van der Waals surface area (Å²) in [6.45, 7) is 7.37. The zero-order valence-electron chi connectivity index (χ0n) is 27.3. The third kappa shape index (κ3) is 8.73. The highest BCUT2D eigenvalue weighted by Gasteiger charge is 2.58. The van der Waals surface area contributed by atoms with Crippen LogP contribution in [-0.4, -0.2) is 130 Å². The number of nitrogens with one attached hydrogen (secondary N) is 1. The van der Waals surface area contributed by atoms with Gasteiger partial charge in [0.2, 0.25) is 0 Å². The quantitative estimate of drug-likeness (QED) is 0.0534. The summed E-state index contributed by atoms with van der Waals surface area (Å²) in [6, 6.07) is 5.62. The van der Waals surface area contributed by atoms with E-state index in [4.69, 9.17) is 24.6 Å². The van der Waals surface area contributed by atoms with Crippen molar-refractivity contribution in [2.24, 2.45) is 5.16 Å². The minimum absolute atomic E-state index is 0.0609. The number of hydrogen-bond acceptors (Lipinski definition) is 14. The predicted molar refractivity (Wildman–Crippen MR) is 176 cm³/mol. The van der Waals surface area contributed by atoms with Gasteiger partial charge in [-0.3, -0.25) is 18.8 Å². The molecule has 0 saturated carbocycles. The van der Waals surface area contributed by atoms with Gasteiger partial charge in [-0.05, 0) is 31.5 Å². The second kappa shape index (κ2) is 14.7. The molecule has 2 aromatic heterocycles. The maximum atomic E-state index is 13.2. The third-order valence-corrected chi connectivity index (χ3v) is 9.30. The van der Waals surface area contributed by atoms with Crippen LogP contribution in [0.3, 0.4) is 0 Å². The lowest BCUT2D eigenvalue weighted by atomic mass is 9.84. The largest absolute Gasteiger partial charge is 0.489 e. The monoisotopic (exact) mass is 737 g/mol. The number of nitrogens with two attached hydrogens (primary N) is 1. The molecule has 19 nitrogen and oxygen atoms in total. The molecule has 4 heterocycles. The summed E-state index contributed by atoms with van der Waals surface area (Å²) in [5.41, 5.74) is 5.46. The molecule has 5 N–H and O–H groups in total. The van der Waals surface area contributed by atoms with Crippen molar-refractivity contribution in [3.8, 4) is 16.9 Å². The first-order chi connectivity index (χ1) is 23.5. The molecule has 2 atom stereocenters. The van der Waals surface area contributed by atoms with E-state index in [2.05, 4.69) is 31.9 Å². The van der Waals surface area contributed by atoms with Crippen LogP contribution in [-0.2, 0) is 45.2 Å². The zero-order valence-corrected chi connectivity index (χ0v) is 28.9. The fourth-order valence-electron chi connectivity index (χ4n) is 5.19. The van der Waals surface area contributed by atoms with E-state index < -0.39 is 58.2 Å². The van der Waals surface area contributed by atoms with Gasteiger partial charge in [0.25, 0.3) is 17.9 Å². The lowest BCUT2D eigenvalue weighted by Crippen LogP contribution is -2.76. The van der Waals surface area contributed by atoms with E-state index in [-0.39, 0.29) is 10.8 Å². The van der Waals surface area contributed by atoms with Crippen molar-refractivity contribution >= 4 is 50.4 Å². The topological polar surface area (TPSA) is 247 Å². The number of ether oxygens (including phenoxy) is 2. The van der Waals surface area contributed by atoms with Crippen LogP contribution in [0.25, 0.3) is 11.1 Å². The Kier molecular flexibility index (Phi) is 10.7. The number of carbonyl (C=O) groups excluding carboxylic acids is 2. The van der Waals surface area contributed by atoms with Crippen molar-refractivity contribution < 1.29 is 55.5 Å². The Bertz CT molecular complexity index is 1850. The van der Waals surface area contributed by atoms with Gasteiger partial charge < -0.3 is 35.0 Å². The number of nitrogens with zero attached hydrogens (tertiary/aromatic N) is 6. The average Bonchev–Trinajstić information content (AvgIpc) is 3.72. The number of benzene rings is 1. The molecule has 0 aliphatic carbocycles. The number of morpholine rings is 1. The standard InChI is InChI=1S/C29H36N8O11S2/c1-29(2)24(26(39)36(29)48-50(42,43)44)33-25(38)23(21-17-49-28(30)32-21)34-47-22(27(40)41)16-46-20-6-4-18(5-7-20)19-14-31-35(15-19)8-9-37(3)10-12-45-13-11-37/h4-7,14-15,17,22,24H,8-13,16H2,1-3H3,(H4-,30,32,33,38,40,41,42,43,44)/p+1. The molecule has 2 unspecified atom stereocenters. The van der Waals surface area contributed by atoms with Gasteiger partial charge >= 0.3 is 16.4 Å². The molecule has 0 bridgehead atoms. The number of carboxylic acid groups (broad SMARTS) is 1. The Hall–Kier alpha value is -4.67. The maximum absolute atomic E-state index is 13.2. The molecule has 3 aromatic rings. The molecule has 270 valence electrons. The van der Waals surface area contributed by atoms with Gasteiger partial charge in [-0.15, -0.1) is 15.6 Å². The number of rotatable bonds is 15. The second-order valence-corrected chi connectivity index (χ2v) is 14.3. The summed E-state index contributed by atoms with van der Waals surface area (Å²) in [5, 5.41) is 22.2. The van der Waals surface area contributed by atoms with E-state index in [9.17, 15) is 27.9 Å². The van der Waals surface area contributed by atoms with E-state index in [1.54, 1.807) is 18.3 Å². The van der Waals surface area contributed by atoms with E-state index in [0.717, 1.165) is 66.3 Å². The van der Waals surface area contributed by atoms with Crippen molar-refractivity contribution in [1.82, 2.24) is 25.1 Å². The average molecular weight is 738 g/mol. The number of aromatic nitrogens is 3. The highest BCUT2D eigenvalue weighted by molar-refractivity contribution is 7.80. The Labute approximate surface area is 290 Å². The van der Waals surface area contributed by atoms with Crippen LogP contribution < -0.4 is 15.8 Å². The van der Waals surface area contributed by atoms with Gasteiger partial charge in [-0.25, -0.2) is 9.78 Å². The minimum Gasteiger partial charge on any atom is -0.489 e. The Balaban J connectivity index is 1.21. The Morgan fingerprint density at radius 3 is 2.54 bits per heavy atom. The summed E-state index contributed by atoms with van der Waals surface area (Å²) in [4.78, 5) is 47.0. The highest BCUT2D eigenvalue weighted by atomic mass is 32.3. The molecule has 50 heavy (non-hydrogen) atoms. The molecule has 2 aliphatic rings. The summed E-state index contributed by atoms with van der Waals surface area (Å²) in [5.74, 6) is -3.11. The predicted octanol–water partition coefficient (Wildman–Crippen LogP) is 0.159. The fourth-order valence-corrected chi connectivity index (χ4v) is 6.19. The van der Waals surface area contributed by atoms with Crippen LogP contribution in [0, 0.1) is 0 Å². The number of hydrogen-bond donors (Lipinski definition) is 4. The summed E-state index contributed by atoms with van der Waals surface area (Å²) in [6.07, 6.45) is 2.06. The van der Waals surface area contributed by atoms with E-state index in [1.807, 2.05) is 23.0 Å². The van der Waals surface area contributed by atoms with Gasteiger partial charge in [0.15, 0.2) is 10.8 Å². The van der Waals surface area contributed by atoms with Gasteiger partial charge in [0.05, 0.1) is 45.1 Å². The number of quaternary nitrogens is 1. The third-order valence-electron chi connectivity index (χ3n) is 8.29. The van der Waals surface area contributed by atoms with Crippen molar-refractivity contribution in [3.05, 3.63) is 47.7 Å². The van der Waals surface area contributed by atoms with Crippen LogP contribution in [0.4, 0.5) is 5.13 Å². The van der Waals surface area contributed by atoms with Crippen molar-refractivity contribution in [1.29, 1.82) is 0 Å². The minimum atomic E-state index is -5.02. The summed E-state index contributed by atoms with van der Waals surface area (Å²) in [7, 11) is -2.80. The second-order valence-electron chi connectivity index (χ2n) is 12.4. The molecule has 21 heteroatoms. The molecule has 0 radical (unpaired) electrons. The molecular formula is C29H37N8O11S2+. The van der Waals surface area contributed by atoms with E-state index in [1.165, 1.54) is 19.2 Å². The van der Waals surface area contributed by atoms with Crippen LogP contribution in [0.15, 0.2) is 47.2 Å². The fraction of sp³-hybridized carbons (Fsp3) is 0.448. The molecule has 5 rings (SSSR count). The smallest absolute Gasteiger partial charge is 0.418 e. The number of thiazole rings is 1. The normalized spacial score (nSPS) is 19.4. The summed E-state index contributed by atoms with van der Waals surface area (Å²) >= 11 is 0.962. The molecule has 1 aromatic carbocycles. The maximum Gasteiger partial charge on any atom is 0.418 e. The molecular weight excluding hydrogens is 700 g/mol. The highest BCUT2D eigenvalue weighted by Crippen LogP contribution is 2.33. The van der Waals surface area contributed by atoms with Gasteiger partial charge in [0, 0.05) is 17.1 Å². The summed E-state index contributed by atoms with van der Waals surface area (Å²) < 4.78 is 49.4. The SMILES string of the molecule is CC1(C)C(NC(=O)C(=NOC(COc2ccc(-c3cnn(CC[N+]4(C)CCOCC4)c3)cc2)C(=O)O)c2csc(N)n2)C(=O)N1OS(=O)(=O)O. The molecule has 2 saturated heterocycles. The molecule has 0 spiro atoms. The number of oxime groups is 1. The number of likely N-dealkylation sites (N-methyl/N-ethyl adjacent to an activating group) is 1. The number of nitrogen functional groups attached to an aromatic ring is 1. The lowest BCUT2D eigenvalue weighted by Gasteiger charge is -2.50. The number of carbonyl (C=O) groups is 3. The Morgan fingerprint density at radius 1 is 1.24 bits per heavy atom. The van der Waals surface area contributed by atoms with E-state index in [0.29, 0.717) is 10.8 Å².